The molecule has 1 heterocycles. The second-order valence-electron chi connectivity index (χ2n) is 3.44. The minimum Gasteiger partial charge on any atom is -0.231 e. The molecule has 1 aliphatic carbocycles. The Kier molecular flexibility index (Phi) is 2.17. The zero-order valence-corrected chi connectivity index (χ0v) is 7.30. The van der Waals surface area contributed by atoms with Gasteiger partial charge in [-0.3, -0.25) is 0 Å². The lowest BCUT2D eigenvalue weighted by Gasteiger charge is -2.05. The van der Waals surface area contributed by atoms with E-state index in [1.165, 1.54) is 0 Å². The van der Waals surface area contributed by atoms with Crippen molar-refractivity contribution in [1.29, 1.82) is 0 Å². The summed E-state index contributed by atoms with van der Waals surface area (Å²) < 4.78 is 36.6. The minimum absolute atomic E-state index is 0.252. The zero-order chi connectivity index (χ0) is 10.2. The Labute approximate surface area is 79.2 Å². The maximum absolute atomic E-state index is 12.2. The van der Waals surface area contributed by atoms with Crippen molar-refractivity contribution in [3.05, 3.63) is 23.8 Å². The molecule has 1 aromatic rings. The molecule has 1 radical (unpaired) electrons. The fourth-order valence-corrected chi connectivity index (χ4v) is 1.18. The Morgan fingerprint density at radius 2 is 2.14 bits per heavy atom. The van der Waals surface area contributed by atoms with E-state index in [2.05, 4.69) is 16.2 Å². The Morgan fingerprint density at radius 1 is 1.43 bits per heavy atom. The van der Waals surface area contributed by atoms with Gasteiger partial charge in [-0.05, 0) is 24.8 Å². The van der Waals surface area contributed by atoms with Crippen LogP contribution in [-0.2, 0) is 12.6 Å². The highest BCUT2D eigenvalue weighted by Crippen LogP contribution is 2.32. The fourth-order valence-electron chi connectivity index (χ4n) is 1.18. The van der Waals surface area contributed by atoms with E-state index >= 15 is 0 Å². The minimum atomic E-state index is -4.39. The van der Waals surface area contributed by atoms with Crippen molar-refractivity contribution in [3.63, 3.8) is 0 Å². The largest absolute Gasteiger partial charge is 0.433 e. The van der Waals surface area contributed by atoms with Crippen LogP contribution >= 0.6 is 0 Å². The van der Waals surface area contributed by atoms with Gasteiger partial charge in [0.1, 0.15) is 11.5 Å². The van der Waals surface area contributed by atoms with E-state index in [9.17, 15) is 13.2 Å². The van der Waals surface area contributed by atoms with E-state index in [0.29, 0.717) is 12.3 Å². The van der Waals surface area contributed by atoms with Crippen LogP contribution < -0.4 is 0 Å². The zero-order valence-electron chi connectivity index (χ0n) is 7.30. The van der Waals surface area contributed by atoms with E-state index in [4.69, 9.17) is 0 Å². The number of hydrogen-bond donors (Lipinski definition) is 0. The van der Waals surface area contributed by atoms with Crippen LogP contribution in [0.25, 0.3) is 0 Å². The molecule has 5 heteroatoms. The van der Waals surface area contributed by atoms with Crippen molar-refractivity contribution in [2.75, 3.05) is 0 Å². The van der Waals surface area contributed by atoms with Gasteiger partial charge in [-0.1, -0.05) is 0 Å². The van der Waals surface area contributed by atoms with Gasteiger partial charge in [-0.25, -0.2) is 9.97 Å². The molecule has 0 aliphatic heterocycles. The predicted octanol–water partition coefficient (Wildman–Crippen LogP) is 2.25. The molecule has 1 fully saturated rings. The second-order valence-corrected chi connectivity index (χ2v) is 3.44. The van der Waals surface area contributed by atoms with Crippen LogP contribution in [0.4, 0.5) is 13.2 Å². The van der Waals surface area contributed by atoms with E-state index in [1.807, 2.05) is 0 Å². The molecule has 75 valence electrons. The molecule has 0 unspecified atom stereocenters. The summed E-state index contributed by atoms with van der Waals surface area (Å²) in [6.45, 7) is 0. The topological polar surface area (TPSA) is 25.8 Å². The van der Waals surface area contributed by atoms with Gasteiger partial charge in [-0.15, -0.1) is 0 Å². The van der Waals surface area contributed by atoms with Gasteiger partial charge >= 0.3 is 6.18 Å². The summed E-state index contributed by atoms with van der Waals surface area (Å²) in [6.07, 6.45) is 0.526. The Morgan fingerprint density at radius 3 is 2.71 bits per heavy atom. The molecule has 1 aliphatic rings. The monoisotopic (exact) mass is 201 g/mol. The quantitative estimate of drug-likeness (QED) is 0.733. The molecule has 0 aromatic carbocycles. The van der Waals surface area contributed by atoms with Crippen LogP contribution in [0.2, 0.25) is 0 Å². The second kappa shape index (κ2) is 3.22. The van der Waals surface area contributed by atoms with Crippen molar-refractivity contribution < 1.29 is 13.2 Å². The molecule has 2 nitrogen and oxygen atoms in total. The first kappa shape index (κ1) is 9.43. The molecular formula is C9H8F3N2. The summed E-state index contributed by atoms with van der Waals surface area (Å²) in [6, 6.07) is 0.774. The summed E-state index contributed by atoms with van der Waals surface area (Å²) in [7, 11) is 0. The number of rotatable bonds is 2. The van der Waals surface area contributed by atoms with Gasteiger partial charge in [-0.2, -0.15) is 13.2 Å². The average Bonchev–Trinajstić information content (AvgIpc) is 2.87. The highest BCUT2D eigenvalue weighted by molar-refractivity contribution is 5.06. The van der Waals surface area contributed by atoms with Crippen LogP contribution in [0.15, 0.2) is 6.07 Å². The molecule has 0 bridgehead atoms. The van der Waals surface area contributed by atoms with Crippen LogP contribution in [0.1, 0.15) is 24.4 Å². The predicted molar refractivity (Wildman–Crippen MR) is 42.3 cm³/mol. The maximum Gasteiger partial charge on any atom is 0.433 e. The molecule has 0 N–H and O–H groups in total. The molecule has 1 aromatic heterocycles. The summed E-state index contributed by atoms with van der Waals surface area (Å²) >= 11 is 0. The third-order valence-electron chi connectivity index (χ3n) is 2.10. The molecule has 0 amide bonds. The third-order valence-corrected chi connectivity index (χ3v) is 2.10. The van der Waals surface area contributed by atoms with Gasteiger partial charge in [0, 0.05) is 6.42 Å². The van der Waals surface area contributed by atoms with E-state index < -0.39 is 11.9 Å². The number of alkyl halides is 3. The first-order valence-electron chi connectivity index (χ1n) is 4.37. The van der Waals surface area contributed by atoms with Crippen molar-refractivity contribution in [2.45, 2.75) is 25.4 Å². The lowest BCUT2D eigenvalue weighted by molar-refractivity contribution is -0.141. The number of hydrogen-bond acceptors (Lipinski definition) is 2. The molecule has 0 spiro atoms. The molecule has 0 saturated heterocycles. The molecule has 2 rings (SSSR count). The lowest BCUT2D eigenvalue weighted by atomic mass is 10.2. The van der Waals surface area contributed by atoms with Gasteiger partial charge in [0.25, 0.3) is 0 Å². The fraction of sp³-hybridized carbons (Fsp3) is 0.556. The van der Waals surface area contributed by atoms with Crippen molar-refractivity contribution in [3.8, 4) is 0 Å². The highest BCUT2D eigenvalue weighted by atomic mass is 19.4. The van der Waals surface area contributed by atoms with Crippen LogP contribution in [0, 0.1) is 12.1 Å². The summed E-state index contributed by atoms with van der Waals surface area (Å²) in [5.41, 5.74) is -0.900. The number of halogens is 3. The maximum atomic E-state index is 12.2. The SMILES string of the molecule is FC(F)(F)c1c[c]nc(CC2CC2)n1. The van der Waals surface area contributed by atoms with Gasteiger partial charge < -0.3 is 0 Å². The molecule has 1 saturated carbocycles. The standard InChI is InChI=1S/C9H8F3N2/c10-9(11,12)7-3-4-13-8(14-7)5-6-1-2-6/h3,6H,1-2,5H2. The average molecular weight is 201 g/mol. The number of aromatic nitrogens is 2. The first-order chi connectivity index (χ1) is 6.55. The Hall–Kier alpha value is -1.13. The Bertz CT molecular complexity index is 331. The summed E-state index contributed by atoms with van der Waals surface area (Å²) in [5, 5.41) is 0. The lowest BCUT2D eigenvalue weighted by Crippen LogP contribution is -2.10. The van der Waals surface area contributed by atoms with Crippen LogP contribution in [0.5, 0.6) is 0 Å². The van der Waals surface area contributed by atoms with Gasteiger partial charge in [0.2, 0.25) is 0 Å². The van der Waals surface area contributed by atoms with Crippen LogP contribution in [0.3, 0.4) is 0 Å². The van der Waals surface area contributed by atoms with Crippen molar-refractivity contribution in [2.24, 2.45) is 5.92 Å². The number of nitrogens with zero attached hydrogens (tertiary/aromatic N) is 2. The highest BCUT2D eigenvalue weighted by Gasteiger charge is 2.33. The Balaban J connectivity index is 2.17. The molecule has 0 atom stereocenters. The van der Waals surface area contributed by atoms with Crippen molar-refractivity contribution in [1.82, 2.24) is 9.97 Å². The molecular weight excluding hydrogens is 193 g/mol. The van der Waals surface area contributed by atoms with E-state index in [-0.39, 0.29) is 5.82 Å². The third kappa shape index (κ3) is 2.21. The van der Waals surface area contributed by atoms with Gasteiger partial charge in [0.15, 0.2) is 0 Å². The van der Waals surface area contributed by atoms with E-state index in [1.54, 1.807) is 0 Å². The van der Waals surface area contributed by atoms with Crippen molar-refractivity contribution >= 4 is 0 Å². The smallest absolute Gasteiger partial charge is 0.231 e. The summed E-state index contributed by atoms with van der Waals surface area (Å²) in [5.74, 6) is 0.731. The summed E-state index contributed by atoms with van der Waals surface area (Å²) in [4.78, 5) is 7.15. The normalized spacial score (nSPS) is 17.1. The molecule has 14 heavy (non-hydrogen) atoms. The first-order valence-corrected chi connectivity index (χ1v) is 4.37. The van der Waals surface area contributed by atoms with Crippen LogP contribution in [-0.4, -0.2) is 9.97 Å². The van der Waals surface area contributed by atoms with Gasteiger partial charge in [0.05, 0.1) is 6.20 Å². The van der Waals surface area contributed by atoms with E-state index in [0.717, 1.165) is 18.9 Å².